The summed E-state index contributed by atoms with van der Waals surface area (Å²) in [5.41, 5.74) is 0.156. The molecule has 0 unspecified atom stereocenters. The van der Waals surface area contributed by atoms with Gasteiger partial charge in [0.05, 0.1) is 6.61 Å². The van der Waals surface area contributed by atoms with Crippen LogP contribution in [0.25, 0.3) is 0 Å². The minimum absolute atomic E-state index is 0.0504. The van der Waals surface area contributed by atoms with Gasteiger partial charge in [-0.3, -0.25) is 9.59 Å². The lowest BCUT2D eigenvalue weighted by atomic mass is 9.69. The number of amides is 2. The molecule has 1 N–H and O–H groups in total. The summed E-state index contributed by atoms with van der Waals surface area (Å²) in [5, 5.41) is 3.02. The van der Waals surface area contributed by atoms with Gasteiger partial charge in [0.15, 0.2) is 0 Å². The van der Waals surface area contributed by atoms with Crippen molar-refractivity contribution < 1.29 is 14.3 Å². The van der Waals surface area contributed by atoms with Crippen molar-refractivity contribution in [3.63, 3.8) is 0 Å². The fraction of sp³-hybridized carbons (Fsp3) is 0.875. The number of carbonyl (C=O) groups is 2. The van der Waals surface area contributed by atoms with Gasteiger partial charge in [-0.15, -0.1) is 0 Å². The normalized spacial score (nSPS) is 21.6. The summed E-state index contributed by atoms with van der Waals surface area (Å²) in [6.07, 6.45) is 7.70. The van der Waals surface area contributed by atoms with E-state index in [9.17, 15) is 9.59 Å². The van der Waals surface area contributed by atoms with Gasteiger partial charge in [-0.25, -0.2) is 0 Å². The molecule has 1 aliphatic heterocycles. The summed E-state index contributed by atoms with van der Waals surface area (Å²) in [5.74, 6) is 0.254. The molecule has 0 aromatic heterocycles. The van der Waals surface area contributed by atoms with Gasteiger partial charge in [0.2, 0.25) is 11.8 Å². The highest BCUT2D eigenvalue weighted by atomic mass is 16.5. The Bertz CT molecular complexity index is 367. The Morgan fingerprint density at radius 2 is 2.10 bits per heavy atom. The summed E-state index contributed by atoms with van der Waals surface area (Å²) in [7, 11) is 1.72. The second-order valence-electron chi connectivity index (χ2n) is 6.50. The molecule has 2 rings (SSSR count). The van der Waals surface area contributed by atoms with Gasteiger partial charge in [0.1, 0.15) is 0 Å². The van der Waals surface area contributed by atoms with Gasteiger partial charge in [0.25, 0.3) is 0 Å². The number of nitrogens with one attached hydrogen (secondary N) is 1. The van der Waals surface area contributed by atoms with Crippen LogP contribution in [0, 0.1) is 5.41 Å². The van der Waals surface area contributed by atoms with Crippen LogP contribution in [0.3, 0.4) is 0 Å². The van der Waals surface area contributed by atoms with Crippen LogP contribution in [-0.2, 0) is 14.3 Å². The number of likely N-dealkylation sites (tertiary alicyclic amines) is 1. The van der Waals surface area contributed by atoms with Gasteiger partial charge in [-0.1, -0.05) is 12.8 Å². The third-order valence-corrected chi connectivity index (χ3v) is 4.81. The number of rotatable bonds is 7. The van der Waals surface area contributed by atoms with E-state index in [1.165, 1.54) is 6.42 Å². The number of carbonyl (C=O) groups excluding carboxylic acids is 2. The molecule has 5 heteroatoms. The van der Waals surface area contributed by atoms with Crippen molar-refractivity contribution in [3.05, 3.63) is 0 Å². The van der Waals surface area contributed by atoms with Crippen LogP contribution >= 0.6 is 0 Å². The molecule has 2 fully saturated rings. The molecular formula is C16H28N2O3. The topological polar surface area (TPSA) is 58.6 Å². The molecule has 120 valence electrons. The Balaban J connectivity index is 1.68. The van der Waals surface area contributed by atoms with E-state index < -0.39 is 0 Å². The highest BCUT2D eigenvalue weighted by molar-refractivity contribution is 5.79. The van der Waals surface area contributed by atoms with E-state index in [0.717, 1.165) is 45.3 Å². The summed E-state index contributed by atoms with van der Waals surface area (Å²) in [6, 6.07) is 0. The first-order valence-electron chi connectivity index (χ1n) is 8.19. The lowest BCUT2D eigenvalue weighted by Crippen LogP contribution is -2.45. The third-order valence-electron chi connectivity index (χ3n) is 4.81. The number of ether oxygens (including phenoxy) is 1. The van der Waals surface area contributed by atoms with Crippen molar-refractivity contribution in [1.29, 1.82) is 0 Å². The van der Waals surface area contributed by atoms with Gasteiger partial charge in [0, 0.05) is 45.0 Å². The molecule has 0 spiro atoms. The van der Waals surface area contributed by atoms with Gasteiger partial charge >= 0.3 is 0 Å². The lowest BCUT2D eigenvalue weighted by Gasteiger charge is -2.41. The Morgan fingerprint density at radius 1 is 1.29 bits per heavy atom. The Hall–Kier alpha value is -1.10. The van der Waals surface area contributed by atoms with E-state index in [1.54, 1.807) is 7.11 Å². The summed E-state index contributed by atoms with van der Waals surface area (Å²) < 4.78 is 5.26. The third kappa shape index (κ3) is 4.70. The molecule has 0 radical (unpaired) electrons. The molecule has 1 saturated heterocycles. The Labute approximate surface area is 127 Å². The average Bonchev–Trinajstić information content (AvgIpc) is 2.64. The molecule has 1 saturated carbocycles. The number of hydrogen-bond donors (Lipinski definition) is 1. The van der Waals surface area contributed by atoms with E-state index in [4.69, 9.17) is 4.74 Å². The minimum Gasteiger partial charge on any atom is -0.384 e. The predicted octanol–water partition coefficient (Wildman–Crippen LogP) is 1.71. The molecule has 0 aromatic rings. The zero-order chi connectivity index (χ0) is 15.1. The van der Waals surface area contributed by atoms with Crippen LogP contribution in [0.15, 0.2) is 0 Å². The molecule has 1 aliphatic carbocycles. The van der Waals surface area contributed by atoms with Crippen LogP contribution in [0.4, 0.5) is 0 Å². The summed E-state index contributed by atoms with van der Waals surface area (Å²) >= 11 is 0. The molecule has 2 aliphatic rings. The van der Waals surface area contributed by atoms with Crippen molar-refractivity contribution in [2.75, 3.05) is 33.4 Å². The average molecular weight is 296 g/mol. The number of hydrogen-bond acceptors (Lipinski definition) is 3. The maximum absolute atomic E-state index is 12.0. The quantitative estimate of drug-likeness (QED) is 0.778. The van der Waals surface area contributed by atoms with Crippen molar-refractivity contribution in [2.24, 2.45) is 5.41 Å². The van der Waals surface area contributed by atoms with E-state index in [0.29, 0.717) is 25.9 Å². The first-order valence-corrected chi connectivity index (χ1v) is 8.19. The molecule has 5 nitrogen and oxygen atoms in total. The fourth-order valence-corrected chi connectivity index (χ4v) is 3.24. The first-order chi connectivity index (χ1) is 10.2. The number of methoxy groups -OCH3 is 1. The predicted molar refractivity (Wildman–Crippen MR) is 80.8 cm³/mol. The molecule has 0 bridgehead atoms. The van der Waals surface area contributed by atoms with Crippen LogP contribution < -0.4 is 5.32 Å². The fourth-order valence-electron chi connectivity index (χ4n) is 3.24. The minimum atomic E-state index is 0.0504. The maximum Gasteiger partial charge on any atom is 0.222 e. The smallest absolute Gasteiger partial charge is 0.222 e. The molecule has 21 heavy (non-hydrogen) atoms. The van der Waals surface area contributed by atoms with E-state index in [1.807, 2.05) is 4.90 Å². The molecular weight excluding hydrogens is 268 g/mol. The zero-order valence-electron chi connectivity index (χ0n) is 13.2. The summed E-state index contributed by atoms with van der Waals surface area (Å²) in [4.78, 5) is 25.7. The Kier molecular flexibility index (Phi) is 6.03. The van der Waals surface area contributed by atoms with Crippen molar-refractivity contribution in [2.45, 2.75) is 51.4 Å². The second-order valence-corrected chi connectivity index (χ2v) is 6.50. The second kappa shape index (κ2) is 7.78. The maximum atomic E-state index is 12.0. The van der Waals surface area contributed by atoms with E-state index in [2.05, 4.69) is 5.32 Å². The van der Waals surface area contributed by atoms with Gasteiger partial charge in [-0.2, -0.15) is 0 Å². The molecule has 2 amide bonds. The highest BCUT2D eigenvalue weighted by Crippen LogP contribution is 2.40. The van der Waals surface area contributed by atoms with Crippen molar-refractivity contribution in [3.8, 4) is 0 Å². The summed E-state index contributed by atoms with van der Waals surface area (Å²) in [6.45, 7) is 2.78. The van der Waals surface area contributed by atoms with E-state index >= 15 is 0 Å². The molecule has 0 atom stereocenters. The molecule has 0 aromatic carbocycles. The first kappa shape index (κ1) is 16.3. The largest absolute Gasteiger partial charge is 0.384 e. The Morgan fingerprint density at radius 3 is 2.76 bits per heavy atom. The SMILES string of the molecule is COCC1(CNC(=O)CCN2CCCCCC2=O)CCC1. The van der Waals surface area contributed by atoms with Crippen LogP contribution in [0.5, 0.6) is 0 Å². The lowest BCUT2D eigenvalue weighted by molar-refractivity contribution is -0.131. The molecule has 1 heterocycles. The van der Waals surface area contributed by atoms with Crippen molar-refractivity contribution >= 4 is 11.8 Å². The highest BCUT2D eigenvalue weighted by Gasteiger charge is 2.37. The van der Waals surface area contributed by atoms with E-state index in [-0.39, 0.29) is 17.2 Å². The monoisotopic (exact) mass is 296 g/mol. The van der Waals surface area contributed by atoms with Gasteiger partial charge < -0.3 is 15.0 Å². The van der Waals surface area contributed by atoms with Crippen LogP contribution in [0.1, 0.15) is 51.4 Å². The van der Waals surface area contributed by atoms with Crippen molar-refractivity contribution in [1.82, 2.24) is 10.2 Å². The standard InChI is InChI=1S/C16H28N2O3/c1-21-13-16(8-5-9-16)12-17-14(19)7-11-18-10-4-2-3-6-15(18)20/h2-13H2,1H3,(H,17,19). The van der Waals surface area contributed by atoms with Crippen LogP contribution in [0.2, 0.25) is 0 Å². The zero-order valence-corrected chi connectivity index (χ0v) is 13.2. The number of nitrogens with zero attached hydrogens (tertiary/aromatic N) is 1. The van der Waals surface area contributed by atoms with Gasteiger partial charge in [-0.05, 0) is 25.7 Å². The van der Waals surface area contributed by atoms with Crippen LogP contribution in [-0.4, -0.2) is 50.1 Å².